The number of hydroxylamine groups is 1. The first-order valence-corrected chi connectivity index (χ1v) is 13.2. The van der Waals surface area contributed by atoms with E-state index in [4.69, 9.17) is 15.1 Å². The minimum Gasteiger partial charge on any atom is -0.466 e. The summed E-state index contributed by atoms with van der Waals surface area (Å²) in [6, 6.07) is 17.5. The summed E-state index contributed by atoms with van der Waals surface area (Å²) < 4.78 is 6.97. The number of ether oxygens (including phenoxy) is 1. The average molecular weight is 573 g/mol. The lowest BCUT2D eigenvalue weighted by Crippen LogP contribution is -2.34. The molecular formula is C29H32N8O5. The van der Waals surface area contributed by atoms with Crippen LogP contribution in [0.1, 0.15) is 35.1 Å². The molecule has 218 valence electrons. The normalized spacial score (nSPS) is 10.6. The Hall–Kier alpha value is -5.30. The second-order valence-electron chi connectivity index (χ2n) is 9.01. The number of hydrogen-bond acceptors (Lipinski definition) is 10. The number of anilines is 2. The van der Waals surface area contributed by atoms with Crippen molar-refractivity contribution in [2.75, 3.05) is 30.4 Å². The Morgan fingerprint density at radius 2 is 1.81 bits per heavy atom. The van der Waals surface area contributed by atoms with Crippen LogP contribution in [-0.2, 0) is 28.0 Å². The molecule has 4 aromatic rings. The third kappa shape index (κ3) is 7.26. The summed E-state index contributed by atoms with van der Waals surface area (Å²) in [5.41, 5.74) is 5.46. The lowest BCUT2D eigenvalue weighted by molar-refractivity contribution is -0.142. The van der Waals surface area contributed by atoms with Gasteiger partial charge >= 0.3 is 12.1 Å². The van der Waals surface area contributed by atoms with E-state index >= 15 is 0 Å². The zero-order chi connectivity index (χ0) is 30.1. The van der Waals surface area contributed by atoms with Gasteiger partial charge in [0, 0.05) is 43.7 Å². The van der Waals surface area contributed by atoms with E-state index in [1.165, 1.54) is 11.9 Å². The number of nitrogens with zero attached hydrogens (tertiary/aromatic N) is 4. The summed E-state index contributed by atoms with van der Waals surface area (Å²) in [6.45, 7) is 2.53. The number of hydrogen-bond donors (Lipinski definition) is 4. The molecule has 0 spiro atoms. The molecule has 13 heteroatoms. The number of carbonyl (C=O) groups is 3. The number of pyridine rings is 1. The Morgan fingerprint density at radius 1 is 1.05 bits per heavy atom. The van der Waals surface area contributed by atoms with E-state index < -0.39 is 6.09 Å². The molecule has 2 amide bonds. The largest absolute Gasteiger partial charge is 0.466 e. The van der Waals surface area contributed by atoms with Crippen LogP contribution in [0.25, 0.3) is 11.0 Å². The van der Waals surface area contributed by atoms with Crippen molar-refractivity contribution in [2.24, 2.45) is 7.05 Å². The van der Waals surface area contributed by atoms with Crippen molar-refractivity contribution in [3.63, 3.8) is 0 Å². The van der Waals surface area contributed by atoms with Gasteiger partial charge < -0.3 is 19.5 Å². The number of rotatable bonds is 11. The first-order valence-electron chi connectivity index (χ1n) is 13.2. The molecule has 0 aliphatic rings. The van der Waals surface area contributed by atoms with Crippen LogP contribution < -0.4 is 21.0 Å². The van der Waals surface area contributed by atoms with E-state index in [-0.39, 0.29) is 37.3 Å². The molecule has 42 heavy (non-hydrogen) atoms. The van der Waals surface area contributed by atoms with Crippen LogP contribution in [0.3, 0.4) is 0 Å². The van der Waals surface area contributed by atoms with Crippen LogP contribution in [0, 0.1) is 5.41 Å². The molecule has 4 rings (SSSR count). The van der Waals surface area contributed by atoms with E-state index in [0.717, 1.165) is 17.0 Å². The molecule has 0 fully saturated rings. The number of carbonyl (C=O) groups excluding carboxylic acids is 3. The van der Waals surface area contributed by atoms with Gasteiger partial charge in [0.15, 0.2) is 0 Å². The van der Waals surface area contributed by atoms with E-state index in [1.54, 1.807) is 67.7 Å². The smallest absolute Gasteiger partial charge is 0.431 e. The molecule has 0 aliphatic carbocycles. The summed E-state index contributed by atoms with van der Waals surface area (Å²) in [5, 5.41) is 13.6. The summed E-state index contributed by atoms with van der Waals surface area (Å²) >= 11 is 0. The molecule has 2 aromatic heterocycles. The molecular weight excluding hydrogens is 540 g/mol. The zero-order valence-corrected chi connectivity index (χ0v) is 23.5. The Kier molecular flexibility index (Phi) is 9.79. The summed E-state index contributed by atoms with van der Waals surface area (Å²) in [6.07, 6.45) is 0.855. The molecule has 0 atom stereocenters. The third-order valence-electron chi connectivity index (χ3n) is 6.28. The van der Waals surface area contributed by atoms with Gasteiger partial charge in [-0.05, 0) is 61.5 Å². The van der Waals surface area contributed by atoms with Crippen molar-refractivity contribution in [3.05, 3.63) is 83.8 Å². The van der Waals surface area contributed by atoms with Crippen LogP contribution in [0.4, 0.5) is 16.3 Å². The van der Waals surface area contributed by atoms with Crippen molar-refractivity contribution in [1.29, 1.82) is 5.41 Å². The number of amides is 2. The van der Waals surface area contributed by atoms with E-state index in [9.17, 15) is 14.4 Å². The highest BCUT2D eigenvalue weighted by atomic mass is 16.7. The van der Waals surface area contributed by atoms with Gasteiger partial charge in [-0.3, -0.25) is 25.2 Å². The SMILES string of the molecule is CCOC(=O)CCN(C(=O)c1ccc2c(c1)nc(CNc1ccc(C(=N)NC(=O)ONC)cc1)n2C)c1ccccn1. The second-order valence-corrected chi connectivity index (χ2v) is 9.01. The minimum atomic E-state index is -0.780. The second kappa shape index (κ2) is 13.9. The lowest BCUT2D eigenvalue weighted by atomic mass is 10.1. The maximum Gasteiger partial charge on any atom is 0.431 e. The molecule has 0 saturated heterocycles. The predicted molar refractivity (Wildman–Crippen MR) is 157 cm³/mol. The maximum absolute atomic E-state index is 13.6. The lowest BCUT2D eigenvalue weighted by Gasteiger charge is -2.21. The van der Waals surface area contributed by atoms with Crippen LogP contribution in [0.5, 0.6) is 0 Å². The average Bonchev–Trinajstić information content (AvgIpc) is 3.31. The van der Waals surface area contributed by atoms with Crippen LogP contribution in [0.2, 0.25) is 0 Å². The van der Waals surface area contributed by atoms with E-state index in [1.807, 2.05) is 17.7 Å². The number of esters is 1. The van der Waals surface area contributed by atoms with Crippen molar-refractivity contribution in [2.45, 2.75) is 19.9 Å². The fourth-order valence-electron chi connectivity index (χ4n) is 4.19. The molecule has 0 saturated carbocycles. The third-order valence-corrected chi connectivity index (χ3v) is 6.28. The highest BCUT2D eigenvalue weighted by molar-refractivity contribution is 6.07. The monoisotopic (exact) mass is 572 g/mol. The van der Waals surface area contributed by atoms with Gasteiger partial charge in [0.05, 0.1) is 30.6 Å². The van der Waals surface area contributed by atoms with Gasteiger partial charge in [-0.1, -0.05) is 6.07 Å². The highest BCUT2D eigenvalue weighted by Gasteiger charge is 2.21. The van der Waals surface area contributed by atoms with Crippen molar-refractivity contribution in [3.8, 4) is 0 Å². The molecule has 13 nitrogen and oxygen atoms in total. The number of aryl methyl sites for hydroxylation is 1. The molecule has 2 aromatic carbocycles. The van der Waals surface area contributed by atoms with E-state index in [2.05, 4.69) is 25.9 Å². The van der Waals surface area contributed by atoms with E-state index in [0.29, 0.717) is 29.0 Å². The number of nitrogens with one attached hydrogen (secondary N) is 4. The molecule has 0 bridgehead atoms. The number of imidazole rings is 1. The quantitative estimate of drug-likeness (QED) is 0.0913. The molecule has 0 unspecified atom stereocenters. The number of amidine groups is 1. The number of fused-ring (bicyclic) bond motifs is 1. The molecule has 0 radical (unpaired) electrons. The fourth-order valence-corrected chi connectivity index (χ4v) is 4.19. The fraction of sp³-hybridized carbons (Fsp3) is 0.241. The Balaban J connectivity index is 1.47. The van der Waals surface area contributed by atoms with Crippen LogP contribution in [-0.4, -0.2) is 58.5 Å². The van der Waals surface area contributed by atoms with Crippen molar-refractivity contribution in [1.82, 2.24) is 25.3 Å². The van der Waals surface area contributed by atoms with Gasteiger partial charge in [0.1, 0.15) is 17.5 Å². The van der Waals surface area contributed by atoms with Crippen LogP contribution in [0.15, 0.2) is 66.9 Å². The van der Waals surface area contributed by atoms with Gasteiger partial charge in [0.2, 0.25) is 0 Å². The van der Waals surface area contributed by atoms with Gasteiger partial charge in [-0.25, -0.2) is 14.8 Å². The maximum atomic E-state index is 13.6. The van der Waals surface area contributed by atoms with Crippen LogP contribution >= 0.6 is 0 Å². The predicted octanol–water partition coefficient (Wildman–Crippen LogP) is 3.37. The molecule has 0 aliphatic heterocycles. The highest BCUT2D eigenvalue weighted by Crippen LogP contribution is 2.21. The zero-order valence-electron chi connectivity index (χ0n) is 23.5. The standard InChI is InChI=1S/C29H32N8O5/c1-4-41-26(38)14-16-37(24-7-5-6-15-32-24)28(39)20-10-13-23-22(17-20)34-25(36(23)3)18-33-21-11-8-19(9-12-21)27(30)35-29(40)42-31-2/h5-13,15,17,31,33H,4,14,16,18H2,1-3H3,(H2,30,35,40). The molecule has 4 N–H and O–H groups in total. The Morgan fingerprint density at radius 3 is 2.50 bits per heavy atom. The first kappa shape index (κ1) is 29.7. The van der Waals surface area contributed by atoms with Gasteiger partial charge in [-0.2, -0.15) is 5.48 Å². The van der Waals surface area contributed by atoms with Gasteiger partial charge in [-0.15, -0.1) is 0 Å². The van der Waals surface area contributed by atoms with Gasteiger partial charge in [0.25, 0.3) is 5.91 Å². The summed E-state index contributed by atoms with van der Waals surface area (Å²) in [5.74, 6) is 0.399. The summed E-state index contributed by atoms with van der Waals surface area (Å²) in [4.78, 5) is 52.1. The van der Waals surface area contributed by atoms with Crippen molar-refractivity contribution >= 4 is 46.3 Å². The minimum absolute atomic E-state index is 0.0410. The summed E-state index contributed by atoms with van der Waals surface area (Å²) in [7, 11) is 3.34. The molecule has 2 heterocycles. The Bertz CT molecular complexity index is 1570. The number of aromatic nitrogens is 3. The first-order chi connectivity index (χ1) is 20.3. The topological polar surface area (TPSA) is 164 Å². The Labute approximate surface area is 242 Å². The number of benzene rings is 2. The van der Waals surface area contributed by atoms with Crippen molar-refractivity contribution < 1.29 is 24.0 Å².